The smallest absolute Gasteiger partial charge is 0.271 e. The van der Waals surface area contributed by atoms with Gasteiger partial charge in [0.25, 0.3) is 15.7 Å². The van der Waals surface area contributed by atoms with Gasteiger partial charge in [0.1, 0.15) is 6.54 Å². The molecular weight excluding hydrogens is 418 g/mol. The molecule has 2 rings (SSSR count). The fourth-order valence-corrected chi connectivity index (χ4v) is 4.62. The molecule has 2 aromatic rings. The first-order valence-electron chi connectivity index (χ1n) is 10.4. The number of sulfonamides is 1. The number of amides is 1. The molecule has 0 aromatic heterocycles. The molecule has 1 atom stereocenters. The second-order valence-corrected chi connectivity index (χ2v) is 9.18. The molecule has 0 aliphatic heterocycles. The van der Waals surface area contributed by atoms with Crippen LogP contribution in [0.2, 0.25) is 0 Å². The maximum atomic E-state index is 13.3. The summed E-state index contributed by atoms with van der Waals surface area (Å²) in [6.07, 6.45) is 4.04. The number of carbonyl (C=O) groups excluding carboxylic acids is 1. The van der Waals surface area contributed by atoms with Gasteiger partial charge in [0.2, 0.25) is 5.91 Å². The molecule has 31 heavy (non-hydrogen) atoms. The molecular formula is C22H29N3O5S. The molecule has 0 saturated carbocycles. The average molecular weight is 448 g/mol. The number of unbranched alkanes of at least 4 members (excludes halogenated alkanes) is 1. The quantitative estimate of drug-likeness (QED) is 0.389. The summed E-state index contributed by atoms with van der Waals surface area (Å²) in [5.74, 6) is -0.137. The Balaban J connectivity index is 2.29. The zero-order chi connectivity index (χ0) is 22.9. The van der Waals surface area contributed by atoms with Gasteiger partial charge in [-0.3, -0.25) is 19.2 Å². The van der Waals surface area contributed by atoms with Crippen LogP contribution in [0.25, 0.3) is 0 Å². The highest BCUT2D eigenvalue weighted by molar-refractivity contribution is 7.92. The Kier molecular flexibility index (Phi) is 8.99. The van der Waals surface area contributed by atoms with E-state index in [1.165, 1.54) is 30.3 Å². The van der Waals surface area contributed by atoms with Gasteiger partial charge < -0.3 is 5.32 Å². The van der Waals surface area contributed by atoms with Crippen molar-refractivity contribution in [2.24, 2.45) is 5.92 Å². The molecule has 0 aliphatic carbocycles. The van der Waals surface area contributed by atoms with Crippen LogP contribution < -0.4 is 9.62 Å². The molecule has 0 saturated heterocycles. The van der Waals surface area contributed by atoms with E-state index in [0.29, 0.717) is 12.5 Å². The average Bonchev–Trinajstić information content (AvgIpc) is 2.78. The molecule has 0 spiro atoms. The third-order valence-corrected chi connectivity index (χ3v) is 6.87. The first kappa shape index (κ1) is 24.3. The number of anilines is 1. The Labute approximate surface area is 183 Å². The van der Waals surface area contributed by atoms with Gasteiger partial charge in [-0.2, -0.15) is 0 Å². The van der Waals surface area contributed by atoms with E-state index in [1.54, 1.807) is 18.2 Å². The van der Waals surface area contributed by atoms with Crippen LogP contribution in [0.4, 0.5) is 11.4 Å². The van der Waals surface area contributed by atoms with Gasteiger partial charge in [-0.15, -0.1) is 0 Å². The fourth-order valence-electron chi connectivity index (χ4n) is 3.18. The zero-order valence-corrected chi connectivity index (χ0v) is 18.7. The number of non-ortho nitro benzene ring substituents is 1. The number of benzene rings is 2. The van der Waals surface area contributed by atoms with Gasteiger partial charge in [0.15, 0.2) is 0 Å². The van der Waals surface area contributed by atoms with Gasteiger partial charge in [-0.05, 0) is 30.5 Å². The number of nitro groups is 1. The van der Waals surface area contributed by atoms with Crippen LogP contribution in [0.3, 0.4) is 0 Å². The normalized spacial score (nSPS) is 12.2. The largest absolute Gasteiger partial charge is 0.354 e. The minimum atomic E-state index is -4.10. The summed E-state index contributed by atoms with van der Waals surface area (Å²) in [7, 11) is -4.10. The Morgan fingerprint density at radius 2 is 1.84 bits per heavy atom. The number of hydrogen-bond donors (Lipinski definition) is 1. The monoisotopic (exact) mass is 447 g/mol. The van der Waals surface area contributed by atoms with Crippen molar-refractivity contribution in [3.05, 3.63) is 64.7 Å². The van der Waals surface area contributed by atoms with E-state index in [0.717, 1.165) is 36.1 Å². The Bertz CT molecular complexity index is 980. The van der Waals surface area contributed by atoms with Crippen LogP contribution >= 0.6 is 0 Å². The zero-order valence-electron chi connectivity index (χ0n) is 17.9. The molecule has 0 heterocycles. The van der Waals surface area contributed by atoms with Gasteiger partial charge in [-0.25, -0.2) is 8.42 Å². The summed E-state index contributed by atoms with van der Waals surface area (Å²) in [4.78, 5) is 23.2. The molecule has 2 aromatic carbocycles. The van der Waals surface area contributed by atoms with Crippen LogP contribution in [0.1, 0.15) is 39.5 Å². The molecule has 0 fully saturated rings. The molecule has 8 nitrogen and oxygen atoms in total. The van der Waals surface area contributed by atoms with Crippen LogP contribution in [0.15, 0.2) is 59.5 Å². The number of nitrogens with zero attached hydrogens (tertiary/aromatic N) is 2. The standard InChI is InChI=1S/C22H29N3O5S/c1-3-5-10-18(4-2)16-23-22(26)17-24(19-11-9-12-20(15-19)25(27)28)31(29,30)21-13-7-6-8-14-21/h6-9,11-15,18H,3-5,10,16-17H2,1-2H3,(H,23,26)/t18-/m1/s1. The number of carbonyl (C=O) groups is 1. The van der Waals surface area contributed by atoms with E-state index in [4.69, 9.17) is 0 Å². The predicted molar refractivity (Wildman–Crippen MR) is 120 cm³/mol. The topological polar surface area (TPSA) is 110 Å². The van der Waals surface area contributed by atoms with Crippen molar-refractivity contribution in [2.75, 3.05) is 17.4 Å². The lowest BCUT2D eigenvalue weighted by atomic mass is 9.99. The molecule has 0 bridgehead atoms. The van der Waals surface area contributed by atoms with E-state index in [-0.39, 0.29) is 16.3 Å². The Morgan fingerprint density at radius 1 is 1.13 bits per heavy atom. The summed E-state index contributed by atoms with van der Waals surface area (Å²) in [5, 5.41) is 14.0. The Morgan fingerprint density at radius 3 is 2.45 bits per heavy atom. The number of nitrogens with one attached hydrogen (secondary N) is 1. The van der Waals surface area contributed by atoms with Gasteiger partial charge in [0.05, 0.1) is 15.5 Å². The number of rotatable bonds is 12. The molecule has 0 unspecified atom stereocenters. The molecule has 9 heteroatoms. The van der Waals surface area contributed by atoms with Crippen molar-refractivity contribution < 1.29 is 18.1 Å². The predicted octanol–water partition coefficient (Wildman–Crippen LogP) is 4.12. The SMILES string of the molecule is CCCC[C@@H](CC)CNC(=O)CN(c1cccc([N+](=O)[O-])c1)S(=O)(=O)c1ccccc1. The summed E-state index contributed by atoms with van der Waals surface area (Å²) in [5.41, 5.74) is -0.192. The molecule has 1 N–H and O–H groups in total. The summed E-state index contributed by atoms with van der Waals surface area (Å²) in [6, 6.07) is 13.0. The van der Waals surface area contributed by atoms with Crippen molar-refractivity contribution in [3.8, 4) is 0 Å². The number of hydrogen-bond acceptors (Lipinski definition) is 5. The van der Waals surface area contributed by atoms with Gasteiger partial charge in [-0.1, -0.05) is 57.4 Å². The lowest BCUT2D eigenvalue weighted by Gasteiger charge is -2.24. The first-order chi connectivity index (χ1) is 14.8. The first-order valence-corrected chi connectivity index (χ1v) is 11.8. The van der Waals surface area contributed by atoms with E-state index in [1.807, 2.05) is 0 Å². The van der Waals surface area contributed by atoms with Crippen LogP contribution in [-0.2, 0) is 14.8 Å². The minimum absolute atomic E-state index is 0.00341. The second-order valence-electron chi connectivity index (χ2n) is 7.32. The fraction of sp³-hybridized carbons (Fsp3) is 0.409. The van der Waals surface area contributed by atoms with Crippen LogP contribution in [-0.4, -0.2) is 32.3 Å². The van der Waals surface area contributed by atoms with Crippen molar-refractivity contribution in [3.63, 3.8) is 0 Å². The molecule has 0 radical (unpaired) electrons. The van der Waals surface area contributed by atoms with Gasteiger partial charge in [0, 0.05) is 18.7 Å². The summed E-state index contributed by atoms with van der Waals surface area (Å²) >= 11 is 0. The Hall–Kier alpha value is -2.94. The van der Waals surface area contributed by atoms with Crippen LogP contribution in [0, 0.1) is 16.0 Å². The van der Waals surface area contributed by atoms with E-state index in [9.17, 15) is 23.3 Å². The molecule has 168 valence electrons. The van der Waals surface area contributed by atoms with Crippen molar-refractivity contribution in [2.45, 2.75) is 44.4 Å². The highest BCUT2D eigenvalue weighted by atomic mass is 32.2. The lowest BCUT2D eigenvalue weighted by molar-refractivity contribution is -0.384. The molecule has 1 amide bonds. The number of nitro benzene ring substituents is 1. The van der Waals surface area contributed by atoms with Crippen molar-refractivity contribution >= 4 is 27.3 Å². The maximum absolute atomic E-state index is 13.3. The lowest BCUT2D eigenvalue weighted by Crippen LogP contribution is -2.42. The van der Waals surface area contributed by atoms with E-state index >= 15 is 0 Å². The summed E-state index contributed by atoms with van der Waals surface area (Å²) < 4.78 is 27.4. The maximum Gasteiger partial charge on any atom is 0.271 e. The van der Waals surface area contributed by atoms with Crippen LogP contribution in [0.5, 0.6) is 0 Å². The summed E-state index contributed by atoms with van der Waals surface area (Å²) in [6.45, 7) is 4.16. The minimum Gasteiger partial charge on any atom is -0.354 e. The second kappa shape index (κ2) is 11.5. The molecule has 0 aliphatic rings. The van der Waals surface area contributed by atoms with E-state index < -0.39 is 27.4 Å². The van der Waals surface area contributed by atoms with Crippen molar-refractivity contribution in [1.29, 1.82) is 0 Å². The third-order valence-electron chi connectivity index (χ3n) is 5.08. The highest BCUT2D eigenvalue weighted by Crippen LogP contribution is 2.26. The van der Waals surface area contributed by atoms with Crippen molar-refractivity contribution in [1.82, 2.24) is 5.32 Å². The highest BCUT2D eigenvalue weighted by Gasteiger charge is 2.28. The van der Waals surface area contributed by atoms with Gasteiger partial charge >= 0.3 is 0 Å². The van der Waals surface area contributed by atoms with E-state index in [2.05, 4.69) is 19.2 Å². The third kappa shape index (κ3) is 6.78.